The number of aryl methyl sites for hydroxylation is 1. The summed E-state index contributed by atoms with van der Waals surface area (Å²) in [6.45, 7) is 9.37. The van der Waals surface area contributed by atoms with Crippen LogP contribution in [0, 0.1) is 13.5 Å². The van der Waals surface area contributed by atoms with Gasteiger partial charge in [-0.2, -0.15) is 0 Å². The average Bonchev–Trinajstić information content (AvgIpc) is 2.78. The first-order chi connectivity index (χ1) is 14.2. The second kappa shape index (κ2) is 6.89. The van der Waals surface area contributed by atoms with Crippen molar-refractivity contribution >= 4 is 27.2 Å². The maximum absolute atomic E-state index is 7.25. The summed E-state index contributed by atoms with van der Waals surface area (Å²) in [6, 6.07) is 29.1. The van der Waals surface area contributed by atoms with Crippen LogP contribution in [0.15, 0.2) is 91.1 Å². The lowest BCUT2D eigenvalue weighted by atomic mass is 9.94. The van der Waals surface area contributed by atoms with Crippen LogP contribution in [0.25, 0.3) is 48.8 Å². The van der Waals surface area contributed by atoms with E-state index < -0.39 is 0 Å². The zero-order valence-electron chi connectivity index (χ0n) is 16.1. The van der Waals surface area contributed by atoms with E-state index in [1.807, 2.05) is 24.4 Å². The van der Waals surface area contributed by atoms with Crippen molar-refractivity contribution in [3.63, 3.8) is 0 Å². The van der Waals surface area contributed by atoms with Crippen LogP contribution in [0.1, 0.15) is 5.56 Å². The Kier molecular flexibility index (Phi) is 4.08. The smallest absolute Gasteiger partial charge is 0.187 e. The second-order valence-corrected chi connectivity index (χ2v) is 7.23. The third-order valence-electron chi connectivity index (χ3n) is 5.46. The number of fused-ring (bicyclic) bond motifs is 3. The van der Waals surface area contributed by atoms with E-state index in [0.717, 1.165) is 27.8 Å². The molecule has 5 aromatic rings. The van der Waals surface area contributed by atoms with Gasteiger partial charge in [-0.1, -0.05) is 66.7 Å². The molecule has 0 saturated heterocycles. The molecule has 0 radical (unpaired) electrons. The Morgan fingerprint density at radius 1 is 0.724 bits per heavy atom. The monoisotopic (exact) mass is 370 g/mol. The van der Waals surface area contributed by atoms with E-state index in [0.29, 0.717) is 5.69 Å². The predicted octanol–water partition coefficient (Wildman–Crippen LogP) is 7.58. The molecule has 4 aromatic carbocycles. The largest absolute Gasteiger partial charge is 0.256 e. The van der Waals surface area contributed by atoms with Gasteiger partial charge in [0.25, 0.3) is 0 Å². The van der Waals surface area contributed by atoms with Crippen LogP contribution >= 0.6 is 0 Å². The molecule has 2 heteroatoms. The molecule has 2 nitrogen and oxygen atoms in total. The fourth-order valence-electron chi connectivity index (χ4n) is 4.05. The maximum atomic E-state index is 7.25. The Hall–Kier alpha value is -3.96. The lowest BCUT2D eigenvalue weighted by Crippen LogP contribution is -1.90. The van der Waals surface area contributed by atoms with Crippen molar-refractivity contribution < 1.29 is 0 Å². The minimum Gasteiger partial charge on any atom is -0.256 e. The number of hydrogen-bond donors (Lipinski definition) is 0. The minimum absolute atomic E-state index is 0.661. The van der Waals surface area contributed by atoms with Crippen molar-refractivity contribution in [1.82, 2.24) is 4.98 Å². The molecule has 0 saturated carbocycles. The normalized spacial score (nSPS) is 10.9. The molecule has 136 valence electrons. The second-order valence-electron chi connectivity index (χ2n) is 7.23. The molecular weight excluding hydrogens is 352 g/mol. The zero-order chi connectivity index (χ0) is 19.8. The Morgan fingerprint density at radius 3 is 2.48 bits per heavy atom. The highest BCUT2D eigenvalue weighted by Gasteiger charge is 2.10. The topological polar surface area (TPSA) is 17.2 Å². The Labute approximate surface area is 169 Å². The van der Waals surface area contributed by atoms with Gasteiger partial charge in [0.2, 0.25) is 0 Å². The van der Waals surface area contributed by atoms with Gasteiger partial charge in [0.1, 0.15) is 0 Å². The van der Waals surface area contributed by atoms with Gasteiger partial charge in [-0.3, -0.25) is 4.98 Å². The number of aromatic nitrogens is 1. The lowest BCUT2D eigenvalue weighted by Gasteiger charge is -2.12. The van der Waals surface area contributed by atoms with Crippen LogP contribution < -0.4 is 0 Å². The van der Waals surface area contributed by atoms with E-state index in [1.165, 1.54) is 21.7 Å². The number of rotatable bonds is 2. The van der Waals surface area contributed by atoms with Gasteiger partial charge in [0.15, 0.2) is 5.69 Å². The maximum Gasteiger partial charge on any atom is 0.187 e. The summed E-state index contributed by atoms with van der Waals surface area (Å²) in [7, 11) is 0. The average molecular weight is 370 g/mol. The Balaban J connectivity index is 1.67. The molecule has 0 atom stereocenters. The van der Waals surface area contributed by atoms with Crippen molar-refractivity contribution in [3.8, 4) is 22.4 Å². The standard InChI is InChI=1S/C27H18N2/c1-18-16-21(11-12-23(18)20-7-5-8-22(17-20)28-2)27-26-13-10-19-6-3-4-9-24(19)25(26)14-15-29-27/h3-17H,1H3. The summed E-state index contributed by atoms with van der Waals surface area (Å²) in [5.41, 5.74) is 6.15. The number of pyridine rings is 1. The Bertz CT molecular complexity index is 1420. The van der Waals surface area contributed by atoms with Crippen molar-refractivity contribution in [2.24, 2.45) is 0 Å². The minimum atomic E-state index is 0.661. The molecule has 0 aliphatic rings. The van der Waals surface area contributed by atoms with Crippen LogP contribution in [0.2, 0.25) is 0 Å². The highest BCUT2D eigenvalue weighted by atomic mass is 14.7. The molecule has 0 aliphatic carbocycles. The molecule has 0 unspecified atom stereocenters. The highest BCUT2D eigenvalue weighted by molar-refractivity contribution is 6.11. The first-order valence-electron chi connectivity index (χ1n) is 9.60. The van der Waals surface area contributed by atoms with Crippen molar-refractivity contribution in [3.05, 3.63) is 108 Å². The third-order valence-corrected chi connectivity index (χ3v) is 5.46. The van der Waals surface area contributed by atoms with Gasteiger partial charge in [-0.05, 0) is 58.0 Å². The van der Waals surface area contributed by atoms with E-state index in [2.05, 4.69) is 78.5 Å². The van der Waals surface area contributed by atoms with E-state index in [1.54, 1.807) is 0 Å². The summed E-state index contributed by atoms with van der Waals surface area (Å²) in [6.07, 6.45) is 1.90. The fourth-order valence-corrected chi connectivity index (χ4v) is 4.05. The number of hydrogen-bond acceptors (Lipinski definition) is 1. The summed E-state index contributed by atoms with van der Waals surface area (Å²) in [4.78, 5) is 8.27. The van der Waals surface area contributed by atoms with E-state index >= 15 is 0 Å². The molecule has 1 heterocycles. The van der Waals surface area contributed by atoms with Crippen LogP contribution in [0.5, 0.6) is 0 Å². The van der Waals surface area contributed by atoms with Crippen molar-refractivity contribution in [2.45, 2.75) is 6.92 Å². The zero-order valence-corrected chi connectivity index (χ0v) is 16.1. The summed E-state index contributed by atoms with van der Waals surface area (Å²) in [5.74, 6) is 0. The van der Waals surface area contributed by atoms with Gasteiger partial charge in [0, 0.05) is 17.1 Å². The van der Waals surface area contributed by atoms with E-state index in [4.69, 9.17) is 11.6 Å². The first-order valence-corrected chi connectivity index (χ1v) is 9.60. The molecule has 0 aliphatic heterocycles. The van der Waals surface area contributed by atoms with Gasteiger partial charge in [-0.25, -0.2) is 4.85 Å². The molecule has 0 amide bonds. The number of nitrogens with zero attached hydrogens (tertiary/aromatic N) is 2. The predicted molar refractivity (Wildman–Crippen MR) is 121 cm³/mol. The van der Waals surface area contributed by atoms with Gasteiger partial charge >= 0.3 is 0 Å². The first kappa shape index (κ1) is 17.2. The summed E-state index contributed by atoms with van der Waals surface area (Å²) in [5, 5.41) is 4.87. The third kappa shape index (κ3) is 2.94. The highest BCUT2D eigenvalue weighted by Crippen LogP contribution is 2.34. The van der Waals surface area contributed by atoms with Crippen LogP contribution in [0.4, 0.5) is 5.69 Å². The molecule has 0 N–H and O–H groups in total. The van der Waals surface area contributed by atoms with E-state index in [-0.39, 0.29) is 0 Å². The number of benzene rings is 4. The van der Waals surface area contributed by atoms with Crippen molar-refractivity contribution in [1.29, 1.82) is 0 Å². The Morgan fingerprint density at radius 2 is 1.62 bits per heavy atom. The van der Waals surface area contributed by atoms with Gasteiger partial charge in [-0.15, -0.1) is 0 Å². The van der Waals surface area contributed by atoms with E-state index in [9.17, 15) is 0 Å². The molecular formula is C27H18N2. The summed E-state index contributed by atoms with van der Waals surface area (Å²) >= 11 is 0. The van der Waals surface area contributed by atoms with Gasteiger partial charge in [0.05, 0.1) is 12.3 Å². The quantitative estimate of drug-likeness (QED) is 0.231. The fraction of sp³-hybridized carbons (Fsp3) is 0.0370. The van der Waals surface area contributed by atoms with Crippen LogP contribution in [0.3, 0.4) is 0 Å². The molecule has 1 aromatic heterocycles. The van der Waals surface area contributed by atoms with Crippen LogP contribution in [-0.2, 0) is 0 Å². The molecule has 0 bridgehead atoms. The van der Waals surface area contributed by atoms with Gasteiger partial charge < -0.3 is 0 Å². The molecule has 29 heavy (non-hydrogen) atoms. The SMILES string of the molecule is [C-]#[N+]c1cccc(-c2ccc(-c3nccc4c3ccc3ccccc34)cc2C)c1. The molecule has 5 rings (SSSR count). The van der Waals surface area contributed by atoms with Crippen molar-refractivity contribution in [2.75, 3.05) is 0 Å². The molecule has 0 fully saturated rings. The lowest BCUT2D eigenvalue weighted by molar-refractivity contribution is 1.35. The van der Waals surface area contributed by atoms with Crippen LogP contribution in [-0.4, -0.2) is 4.98 Å². The molecule has 0 spiro atoms. The summed E-state index contributed by atoms with van der Waals surface area (Å²) < 4.78 is 0.